The predicted octanol–water partition coefficient (Wildman–Crippen LogP) is 4.38. The maximum atomic E-state index is 5.74. The maximum Gasteiger partial charge on any atom is 0.162 e. The Kier molecular flexibility index (Phi) is 8.00. The summed E-state index contributed by atoms with van der Waals surface area (Å²) < 4.78 is 12.5. The Bertz CT molecular complexity index is 408. The van der Waals surface area contributed by atoms with Gasteiger partial charge < -0.3 is 14.8 Å². The molecule has 1 aromatic rings. The second kappa shape index (κ2) is 9.24. The van der Waals surface area contributed by atoms with Crippen LogP contribution in [0.4, 0.5) is 0 Å². The van der Waals surface area contributed by atoms with E-state index < -0.39 is 0 Å². The van der Waals surface area contributed by atoms with Gasteiger partial charge in [-0.1, -0.05) is 36.7 Å². The molecular weight excluding hydrogens is 318 g/mol. The largest absolute Gasteiger partial charge is 0.490 e. The first-order valence-electron chi connectivity index (χ1n) is 7.37. The molecule has 0 aliphatic heterocycles. The van der Waals surface area contributed by atoms with E-state index in [1.54, 1.807) is 0 Å². The molecule has 0 amide bonds. The zero-order chi connectivity index (χ0) is 15.0. The van der Waals surface area contributed by atoms with Gasteiger partial charge in [-0.15, -0.1) is 0 Å². The third-order valence-electron chi connectivity index (χ3n) is 2.74. The lowest BCUT2D eigenvalue weighted by Gasteiger charge is -2.15. The van der Waals surface area contributed by atoms with Gasteiger partial charge in [0.25, 0.3) is 0 Å². The Hall–Kier alpha value is -0.740. The van der Waals surface area contributed by atoms with Gasteiger partial charge in [0, 0.05) is 11.0 Å². The summed E-state index contributed by atoms with van der Waals surface area (Å²) in [6, 6.07) is 4.07. The Morgan fingerprint density at radius 2 is 1.85 bits per heavy atom. The average molecular weight is 344 g/mol. The fourth-order valence-corrected chi connectivity index (χ4v) is 2.26. The highest BCUT2D eigenvalue weighted by atomic mass is 79.9. The van der Waals surface area contributed by atoms with Gasteiger partial charge in [-0.2, -0.15) is 0 Å². The number of nitrogens with one attached hydrogen (secondary N) is 1. The molecule has 1 rings (SSSR count). The van der Waals surface area contributed by atoms with Crippen LogP contribution in [0.25, 0.3) is 0 Å². The molecule has 0 saturated heterocycles. The number of halogens is 1. The Balaban J connectivity index is 2.82. The first kappa shape index (κ1) is 17.3. The highest BCUT2D eigenvalue weighted by molar-refractivity contribution is 9.10. The SMILES string of the molecule is CCCOc1cc(Br)c(CNCC(C)C)cc1OCC. The van der Waals surface area contributed by atoms with E-state index in [0.29, 0.717) is 19.1 Å². The molecule has 0 spiro atoms. The van der Waals surface area contributed by atoms with E-state index in [-0.39, 0.29) is 0 Å². The summed E-state index contributed by atoms with van der Waals surface area (Å²) in [5.74, 6) is 2.28. The van der Waals surface area contributed by atoms with Crippen molar-refractivity contribution in [1.82, 2.24) is 5.32 Å². The second-order valence-corrected chi connectivity index (χ2v) is 6.05. The summed E-state index contributed by atoms with van der Waals surface area (Å²) in [4.78, 5) is 0. The zero-order valence-corrected chi connectivity index (χ0v) is 14.5. The molecule has 3 nitrogen and oxygen atoms in total. The molecule has 0 aliphatic carbocycles. The van der Waals surface area contributed by atoms with Crippen molar-refractivity contribution in [3.05, 3.63) is 22.2 Å². The van der Waals surface area contributed by atoms with Crippen LogP contribution >= 0.6 is 15.9 Å². The van der Waals surface area contributed by atoms with Gasteiger partial charge in [0.2, 0.25) is 0 Å². The van der Waals surface area contributed by atoms with Crippen molar-refractivity contribution in [2.75, 3.05) is 19.8 Å². The van der Waals surface area contributed by atoms with Crippen LogP contribution in [0.3, 0.4) is 0 Å². The molecule has 20 heavy (non-hydrogen) atoms. The van der Waals surface area contributed by atoms with Crippen LogP contribution in [0.5, 0.6) is 11.5 Å². The topological polar surface area (TPSA) is 30.5 Å². The molecule has 0 atom stereocenters. The van der Waals surface area contributed by atoms with Crippen LogP contribution < -0.4 is 14.8 Å². The van der Waals surface area contributed by atoms with Crippen molar-refractivity contribution in [3.63, 3.8) is 0 Å². The first-order chi connectivity index (χ1) is 9.58. The van der Waals surface area contributed by atoms with Crippen LogP contribution in [0.1, 0.15) is 39.7 Å². The Morgan fingerprint density at radius 1 is 1.15 bits per heavy atom. The Labute approximate surface area is 131 Å². The molecule has 0 unspecified atom stereocenters. The monoisotopic (exact) mass is 343 g/mol. The maximum absolute atomic E-state index is 5.74. The van der Waals surface area contributed by atoms with Gasteiger partial charge in [-0.05, 0) is 43.5 Å². The van der Waals surface area contributed by atoms with Crippen LogP contribution in [-0.2, 0) is 6.54 Å². The molecule has 1 aromatic carbocycles. The third kappa shape index (κ3) is 5.71. The van der Waals surface area contributed by atoms with E-state index in [0.717, 1.165) is 35.5 Å². The van der Waals surface area contributed by atoms with Gasteiger partial charge in [0.1, 0.15) is 0 Å². The van der Waals surface area contributed by atoms with Crippen molar-refractivity contribution < 1.29 is 9.47 Å². The molecule has 0 heterocycles. The minimum absolute atomic E-state index is 0.642. The third-order valence-corrected chi connectivity index (χ3v) is 3.48. The van der Waals surface area contributed by atoms with E-state index in [1.165, 1.54) is 5.56 Å². The minimum Gasteiger partial charge on any atom is -0.490 e. The summed E-state index contributed by atoms with van der Waals surface area (Å²) in [6.07, 6.45) is 0.987. The van der Waals surface area contributed by atoms with E-state index in [4.69, 9.17) is 9.47 Å². The minimum atomic E-state index is 0.642. The van der Waals surface area contributed by atoms with E-state index in [1.807, 2.05) is 13.0 Å². The predicted molar refractivity (Wildman–Crippen MR) is 87.6 cm³/mol. The smallest absolute Gasteiger partial charge is 0.162 e. The second-order valence-electron chi connectivity index (χ2n) is 5.20. The fourth-order valence-electron chi connectivity index (χ4n) is 1.80. The van der Waals surface area contributed by atoms with Gasteiger partial charge in [0.15, 0.2) is 11.5 Å². The molecule has 114 valence electrons. The molecule has 0 radical (unpaired) electrons. The number of hydrogen-bond donors (Lipinski definition) is 1. The van der Waals surface area contributed by atoms with Crippen molar-refractivity contribution in [1.29, 1.82) is 0 Å². The summed E-state index contributed by atoms with van der Waals surface area (Å²) in [5, 5.41) is 3.45. The number of benzene rings is 1. The molecule has 0 fully saturated rings. The first-order valence-corrected chi connectivity index (χ1v) is 8.16. The van der Waals surface area contributed by atoms with Crippen molar-refractivity contribution in [2.24, 2.45) is 5.92 Å². The van der Waals surface area contributed by atoms with Gasteiger partial charge in [-0.3, -0.25) is 0 Å². The molecule has 0 bridgehead atoms. The van der Waals surface area contributed by atoms with E-state index in [9.17, 15) is 0 Å². The quantitative estimate of drug-likeness (QED) is 0.721. The van der Waals surface area contributed by atoms with Crippen molar-refractivity contribution >= 4 is 15.9 Å². The fraction of sp³-hybridized carbons (Fsp3) is 0.625. The number of ether oxygens (including phenoxy) is 2. The average Bonchev–Trinajstić information content (AvgIpc) is 2.40. The van der Waals surface area contributed by atoms with E-state index in [2.05, 4.69) is 48.1 Å². The van der Waals surface area contributed by atoms with Crippen molar-refractivity contribution in [2.45, 2.75) is 40.7 Å². The highest BCUT2D eigenvalue weighted by Crippen LogP contribution is 2.34. The van der Waals surface area contributed by atoms with Crippen LogP contribution in [-0.4, -0.2) is 19.8 Å². The van der Waals surface area contributed by atoms with Crippen LogP contribution in [0.2, 0.25) is 0 Å². The normalized spacial score (nSPS) is 10.9. The molecule has 0 aliphatic rings. The van der Waals surface area contributed by atoms with Crippen LogP contribution in [0, 0.1) is 5.92 Å². The van der Waals surface area contributed by atoms with Crippen molar-refractivity contribution in [3.8, 4) is 11.5 Å². The Morgan fingerprint density at radius 3 is 2.45 bits per heavy atom. The number of hydrogen-bond acceptors (Lipinski definition) is 3. The number of rotatable bonds is 9. The lowest BCUT2D eigenvalue weighted by Crippen LogP contribution is -2.19. The molecule has 0 aromatic heterocycles. The van der Waals surface area contributed by atoms with E-state index >= 15 is 0 Å². The van der Waals surface area contributed by atoms with Crippen LogP contribution in [0.15, 0.2) is 16.6 Å². The molecule has 0 saturated carbocycles. The summed E-state index contributed by atoms with van der Waals surface area (Å²) in [7, 11) is 0. The zero-order valence-electron chi connectivity index (χ0n) is 13.0. The molecule has 4 heteroatoms. The highest BCUT2D eigenvalue weighted by Gasteiger charge is 2.10. The van der Waals surface area contributed by atoms with Gasteiger partial charge in [-0.25, -0.2) is 0 Å². The lowest BCUT2D eigenvalue weighted by molar-refractivity contribution is 0.276. The summed E-state index contributed by atoms with van der Waals surface area (Å²) >= 11 is 3.62. The summed E-state index contributed by atoms with van der Waals surface area (Å²) in [5.41, 5.74) is 1.19. The van der Waals surface area contributed by atoms with Gasteiger partial charge in [0.05, 0.1) is 13.2 Å². The van der Waals surface area contributed by atoms with Gasteiger partial charge >= 0.3 is 0 Å². The lowest BCUT2D eigenvalue weighted by atomic mass is 10.1. The standard InChI is InChI=1S/C16H26BrNO2/c1-5-7-20-16-9-14(17)13(8-15(16)19-6-2)11-18-10-12(3)4/h8-9,12,18H,5-7,10-11H2,1-4H3. The summed E-state index contributed by atoms with van der Waals surface area (Å²) in [6.45, 7) is 11.7. The molecule has 1 N–H and O–H groups in total. The molecular formula is C16H26BrNO2.